The van der Waals surface area contributed by atoms with Crippen LogP contribution in [0.3, 0.4) is 0 Å². The molecule has 6 nitrogen and oxygen atoms in total. The Bertz CT molecular complexity index is 622. The van der Waals surface area contributed by atoms with E-state index >= 15 is 0 Å². The molecule has 1 aromatic carbocycles. The normalized spacial score (nSPS) is 10.8. The molecular formula is C15H19N3O3. The lowest BCUT2D eigenvalue weighted by atomic mass is 10.1. The van der Waals surface area contributed by atoms with Crippen LogP contribution in [0.15, 0.2) is 24.3 Å². The van der Waals surface area contributed by atoms with Gasteiger partial charge in [0, 0.05) is 19.6 Å². The number of carbonyl (C=O) groups is 1. The summed E-state index contributed by atoms with van der Waals surface area (Å²) in [5, 5.41) is 25.8. The van der Waals surface area contributed by atoms with Crippen LogP contribution in [0, 0.1) is 6.92 Å². The van der Waals surface area contributed by atoms with Crippen LogP contribution in [-0.4, -0.2) is 37.8 Å². The number of benzene rings is 1. The first-order chi connectivity index (χ1) is 10.1. The van der Waals surface area contributed by atoms with Gasteiger partial charge in [-0.2, -0.15) is 0 Å². The van der Waals surface area contributed by atoms with Gasteiger partial charge in [0.25, 0.3) is 0 Å². The van der Waals surface area contributed by atoms with Gasteiger partial charge in [-0.3, -0.25) is 0 Å². The number of carboxylic acids is 1. The maximum atomic E-state index is 11.3. The molecule has 1 heterocycles. The van der Waals surface area contributed by atoms with Gasteiger partial charge in [0.15, 0.2) is 5.69 Å². The summed E-state index contributed by atoms with van der Waals surface area (Å²) < 4.78 is 1.63. The molecule has 2 N–H and O–H groups in total. The van der Waals surface area contributed by atoms with Gasteiger partial charge in [0.05, 0.1) is 5.69 Å². The fraction of sp³-hybridized carbons (Fsp3) is 0.400. The monoisotopic (exact) mass is 289 g/mol. The minimum absolute atomic E-state index is 0.000467. The van der Waals surface area contributed by atoms with Crippen molar-refractivity contribution in [3.05, 3.63) is 46.8 Å². The molecule has 0 radical (unpaired) electrons. The first-order valence-electron chi connectivity index (χ1n) is 6.94. The number of carboxylic acid groups (broad SMARTS) is 1. The Kier molecular flexibility index (Phi) is 5.05. The first-order valence-corrected chi connectivity index (χ1v) is 6.94. The summed E-state index contributed by atoms with van der Waals surface area (Å²) >= 11 is 0. The van der Waals surface area contributed by atoms with Gasteiger partial charge in [-0.05, 0) is 25.3 Å². The lowest BCUT2D eigenvalue weighted by Gasteiger charge is -2.07. The average Bonchev–Trinajstić information content (AvgIpc) is 2.82. The summed E-state index contributed by atoms with van der Waals surface area (Å²) in [6.45, 7) is 2.67. The van der Waals surface area contributed by atoms with Crippen molar-refractivity contribution in [2.75, 3.05) is 6.61 Å². The molecule has 2 rings (SSSR count). The van der Waals surface area contributed by atoms with Crippen LogP contribution in [0.4, 0.5) is 0 Å². The molecule has 6 heteroatoms. The summed E-state index contributed by atoms with van der Waals surface area (Å²) in [5.74, 6) is -1.06. The van der Waals surface area contributed by atoms with Crippen molar-refractivity contribution in [1.82, 2.24) is 15.0 Å². The summed E-state index contributed by atoms with van der Waals surface area (Å²) in [4.78, 5) is 11.3. The SMILES string of the molecule is Cc1cccc(Cc2c(C(=O)O)nnn2CCCCO)c1. The maximum Gasteiger partial charge on any atom is 0.358 e. The Morgan fingerprint density at radius 1 is 1.33 bits per heavy atom. The Balaban J connectivity index is 2.25. The van der Waals surface area contributed by atoms with Crippen LogP contribution >= 0.6 is 0 Å². The third-order valence-electron chi connectivity index (χ3n) is 3.27. The number of hydrogen-bond acceptors (Lipinski definition) is 4. The van der Waals surface area contributed by atoms with Gasteiger partial charge in [-0.15, -0.1) is 5.10 Å². The highest BCUT2D eigenvalue weighted by Gasteiger charge is 2.19. The molecule has 2 aromatic rings. The molecule has 0 fully saturated rings. The molecule has 1 aromatic heterocycles. The summed E-state index contributed by atoms with van der Waals surface area (Å²) in [7, 11) is 0. The quantitative estimate of drug-likeness (QED) is 0.757. The second kappa shape index (κ2) is 6.99. The molecular weight excluding hydrogens is 270 g/mol. The van der Waals surface area contributed by atoms with Crippen molar-refractivity contribution in [1.29, 1.82) is 0 Å². The predicted molar refractivity (Wildman–Crippen MR) is 77.3 cm³/mol. The lowest BCUT2D eigenvalue weighted by Crippen LogP contribution is -2.10. The molecule has 0 saturated heterocycles. The zero-order valence-electron chi connectivity index (χ0n) is 12.0. The zero-order valence-corrected chi connectivity index (χ0v) is 12.0. The number of aryl methyl sites for hydroxylation is 2. The second-order valence-corrected chi connectivity index (χ2v) is 5.01. The maximum absolute atomic E-state index is 11.3. The van der Waals surface area contributed by atoms with Crippen LogP contribution in [0.25, 0.3) is 0 Å². The highest BCUT2D eigenvalue weighted by atomic mass is 16.4. The van der Waals surface area contributed by atoms with E-state index < -0.39 is 5.97 Å². The van der Waals surface area contributed by atoms with Crippen molar-refractivity contribution < 1.29 is 15.0 Å². The molecule has 0 aliphatic rings. The molecule has 0 aliphatic carbocycles. The molecule has 0 aliphatic heterocycles. The Labute approximate surface area is 123 Å². The minimum Gasteiger partial charge on any atom is -0.476 e. The Hall–Kier alpha value is -2.21. The van der Waals surface area contributed by atoms with Crippen molar-refractivity contribution in [3.8, 4) is 0 Å². The minimum atomic E-state index is -1.06. The van der Waals surface area contributed by atoms with E-state index in [1.54, 1.807) is 4.68 Å². The molecule has 0 amide bonds. The highest BCUT2D eigenvalue weighted by Crippen LogP contribution is 2.15. The van der Waals surface area contributed by atoms with Crippen molar-refractivity contribution >= 4 is 5.97 Å². The van der Waals surface area contributed by atoms with E-state index in [4.69, 9.17) is 5.11 Å². The molecule has 21 heavy (non-hydrogen) atoms. The Morgan fingerprint density at radius 3 is 2.81 bits per heavy atom. The van der Waals surface area contributed by atoms with Crippen molar-refractivity contribution in [2.24, 2.45) is 0 Å². The largest absolute Gasteiger partial charge is 0.476 e. The van der Waals surface area contributed by atoms with E-state index in [1.807, 2.05) is 31.2 Å². The summed E-state index contributed by atoms with van der Waals surface area (Å²) in [6, 6.07) is 7.93. The topological polar surface area (TPSA) is 88.2 Å². The van der Waals surface area contributed by atoms with Crippen LogP contribution in [0.5, 0.6) is 0 Å². The first kappa shape index (κ1) is 15.2. The van der Waals surface area contributed by atoms with Gasteiger partial charge in [0.2, 0.25) is 0 Å². The van der Waals surface area contributed by atoms with E-state index in [0.717, 1.165) is 17.5 Å². The number of unbranched alkanes of at least 4 members (excludes halogenated alkanes) is 1. The van der Waals surface area contributed by atoms with Gasteiger partial charge in [-0.25, -0.2) is 9.48 Å². The van der Waals surface area contributed by atoms with Gasteiger partial charge < -0.3 is 10.2 Å². The lowest BCUT2D eigenvalue weighted by molar-refractivity contribution is 0.0689. The molecule has 0 unspecified atom stereocenters. The van der Waals surface area contributed by atoms with Gasteiger partial charge in [0.1, 0.15) is 0 Å². The van der Waals surface area contributed by atoms with E-state index in [1.165, 1.54) is 0 Å². The van der Waals surface area contributed by atoms with E-state index in [9.17, 15) is 9.90 Å². The molecule has 0 spiro atoms. The third kappa shape index (κ3) is 3.88. The third-order valence-corrected chi connectivity index (χ3v) is 3.27. The number of hydrogen-bond donors (Lipinski definition) is 2. The van der Waals surface area contributed by atoms with Crippen molar-refractivity contribution in [3.63, 3.8) is 0 Å². The highest BCUT2D eigenvalue weighted by molar-refractivity contribution is 5.86. The van der Waals surface area contributed by atoms with Crippen LogP contribution in [-0.2, 0) is 13.0 Å². The summed E-state index contributed by atoms with van der Waals surface area (Å²) in [5.41, 5.74) is 2.76. The fourth-order valence-corrected chi connectivity index (χ4v) is 2.24. The van der Waals surface area contributed by atoms with Crippen LogP contribution in [0.2, 0.25) is 0 Å². The molecule has 0 bridgehead atoms. The zero-order chi connectivity index (χ0) is 15.2. The van der Waals surface area contributed by atoms with Gasteiger partial charge in [-0.1, -0.05) is 35.0 Å². The number of rotatable bonds is 7. The number of aliphatic hydroxyl groups is 1. The van der Waals surface area contributed by atoms with Crippen LogP contribution < -0.4 is 0 Å². The summed E-state index contributed by atoms with van der Waals surface area (Å²) in [6.07, 6.45) is 1.88. The smallest absolute Gasteiger partial charge is 0.358 e. The standard InChI is InChI=1S/C15H19N3O3/c1-11-5-4-6-12(9-11)10-13-14(15(20)21)16-17-18(13)7-2-3-8-19/h4-6,9,19H,2-3,7-8,10H2,1H3,(H,20,21). The Morgan fingerprint density at radius 2 is 2.14 bits per heavy atom. The molecule has 0 atom stereocenters. The average molecular weight is 289 g/mol. The van der Waals surface area contributed by atoms with Gasteiger partial charge >= 0.3 is 5.97 Å². The van der Waals surface area contributed by atoms with E-state index in [0.29, 0.717) is 25.1 Å². The second-order valence-electron chi connectivity index (χ2n) is 5.01. The number of nitrogens with zero attached hydrogens (tertiary/aromatic N) is 3. The number of aromatic carboxylic acids is 1. The van der Waals surface area contributed by atoms with E-state index in [2.05, 4.69) is 10.3 Å². The van der Waals surface area contributed by atoms with Crippen molar-refractivity contribution in [2.45, 2.75) is 32.7 Å². The van der Waals surface area contributed by atoms with E-state index in [-0.39, 0.29) is 12.3 Å². The number of aromatic nitrogens is 3. The fourth-order valence-electron chi connectivity index (χ4n) is 2.24. The molecule has 0 saturated carbocycles. The predicted octanol–water partition coefficient (Wildman–Crippen LogP) is 1.65. The van der Waals surface area contributed by atoms with Crippen LogP contribution in [0.1, 0.15) is 40.2 Å². The number of aliphatic hydroxyl groups excluding tert-OH is 1. The molecule has 112 valence electrons.